The van der Waals surface area contributed by atoms with Gasteiger partial charge in [0.1, 0.15) is 24.4 Å². The van der Waals surface area contributed by atoms with Gasteiger partial charge in [0.2, 0.25) is 0 Å². The number of fused-ring (bicyclic) bond motifs is 1. The molecule has 0 aromatic heterocycles. The van der Waals surface area contributed by atoms with Crippen molar-refractivity contribution < 1.29 is 35.0 Å². The molecule has 1 saturated heterocycles. The van der Waals surface area contributed by atoms with Crippen LogP contribution in [-0.2, 0) is 9.47 Å². The first-order valence-electron chi connectivity index (χ1n) is 12.5. The summed E-state index contributed by atoms with van der Waals surface area (Å²) in [6.07, 6.45) is 1.61. The van der Waals surface area contributed by atoms with Crippen molar-refractivity contribution >= 4 is 0 Å². The summed E-state index contributed by atoms with van der Waals surface area (Å²) in [6, 6.07) is 0. The van der Waals surface area contributed by atoms with E-state index in [4.69, 9.17) is 9.47 Å². The first-order valence-corrected chi connectivity index (χ1v) is 12.5. The van der Waals surface area contributed by atoms with Crippen LogP contribution in [0.4, 0.5) is 0 Å². The van der Waals surface area contributed by atoms with Crippen molar-refractivity contribution in [1.29, 1.82) is 0 Å². The predicted molar refractivity (Wildman–Crippen MR) is 125 cm³/mol. The Balaban J connectivity index is 1.77. The van der Waals surface area contributed by atoms with E-state index in [1.54, 1.807) is 6.08 Å². The monoisotopic (exact) mass is 470 g/mol. The first kappa shape index (κ1) is 27.1. The van der Waals surface area contributed by atoms with Crippen molar-refractivity contribution in [3.63, 3.8) is 0 Å². The maximum atomic E-state index is 11.5. The molecule has 7 heteroatoms. The quantitative estimate of drug-likeness (QED) is 0.363. The molecule has 5 N–H and O–H groups in total. The number of ether oxygens (including phenoxy) is 2. The molecule has 7 nitrogen and oxygen atoms in total. The maximum Gasteiger partial charge on any atom is 0.187 e. The summed E-state index contributed by atoms with van der Waals surface area (Å²) in [5.74, 6) is 0.631. The van der Waals surface area contributed by atoms with Gasteiger partial charge in [0, 0.05) is 0 Å². The summed E-state index contributed by atoms with van der Waals surface area (Å²) >= 11 is 0. The molecule has 0 aromatic rings. The standard InChI is InChI=1S/C26H46O7/c1-7-24(4,33-22-21(30)20(29)19(28)16(15-27)32-22)13-9-18-25(5)12-8-11-23(2,3)17(25)10-14-26(18,6)31/h7,16-22,27-31H,1,8-15H2,2-6H3/t16-,17-,18+,19-,20+,21-,22+,24+,25-,26-/m1/s1. The van der Waals surface area contributed by atoms with Gasteiger partial charge < -0.3 is 35.0 Å². The van der Waals surface area contributed by atoms with Crippen molar-refractivity contribution in [3.8, 4) is 0 Å². The number of hydrogen-bond acceptors (Lipinski definition) is 7. The Morgan fingerprint density at radius 2 is 1.73 bits per heavy atom. The van der Waals surface area contributed by atoms with Gasteiger partial charge in [0.15, 0.2) is 6.29 Å². The highest BCUT2D eigenvalue weighted by molar-refractivity contribution is 5.08. The first-order chi connectivity index (χ1) is 15.2. The van der Waals surface area contributed by atoms with E-state index in [1.807, 2.05) is 13.8 Å². The lowest BCUT2D eigenvalue weighted by Gasteiger charge is -2.61. The number of hydrogen-bond donors (Lipinski definition) is 5. The summed E-state index contributed by atoms with van der Waals surface area (Å²) < 4.78 is 11.7. The normalized spacial score (nSPS) is 47.4. The van der Waals surface area contributed by atoms with Crippen molar-refractivity contribution in [3.05, 3.63) is 12.7 Å². The lowest BCUT2D eigenvalue weighted by molar-refractivity contribution is -0.320. The van der Waals surface area contributed by atoms with Gasteiger partial charge in [-0.25, -0.2) is 0 Å². The molecule has 3 aliphatic rings. The average molecular weight is 471 g/mol. The largest absolute Gasteiger partial charge is 0.394 e. The third-order valence-electron chi connectivity index (χ3n) is 9.36. The minimum absolute atomic E-state index is 0.0225. The van der Waals surface area contributed by atoms with Gasteiger partial charge in [-0.3, -0.25) is 0 Å². The van der Waals surface area contributed by atoms with Crippen molar-refractivity contribution in [2.45, 2.75) is 121 Å². The molecule has 2 saturated carbocycles. The number of aliphatic hydroxyl groups excluding tert-OH is 4. The average Bonchev–Trinajstić information content (AvgIpc) is 2.72. The van der Waals surface area contributed by atoms with Crippen LogP contribution in [0.15, 0.2) is 12.7 Å². The van der Waals surface area contributed by atoms with Crippen molar-refractivity contribution in [2.24, 2.45) is 22.7 Å². The van der Waals surface area contributed by atoms with Crippen molar-refractivity contribution in [1.82, 2.24) is 0 Å². The second-order valence-corrected chi connectivity index (χ2v) is 12.2. The summed E-state index contributed by atoms with van der Waals surface area (Å²) in [5, 5.41) is 51.5. The van der Waals surface area contributed by atoms with E-state index in [1.165, 1.54) is 6.42 Å². The van der Waals surface area contributed by atoms with Crippen LogP contribution in [0.1, 0.15) is 79.6 Å². The zero-order valence-electron chi connectivity index (χ0n) is 21.0. The molecule has 2 aliphatic carbocycles. The topological polar surface area (TPSA) is 120 Å². The Kier molecular flexibility index (Phi) is 7.78. The van der Waals surface area contributed by atoms with Gasteiger partial charge in [-0.05, 0) is 75.0 Å². The highest BCUT2D eigenvalue weighted by Crippen LogP contribution is 2.63. The maximum absolute atomic E-state index is 11.5. The minimum atomic E-state index is -1.49. The Morgan fingerprint density at radius 3 is 2.33 bits per heavy atom. The number of aliphatic hydroxyl groups is 5. The van der Waals surface area contributed by atoms with Crippen LogP contribution < -0.4 is 0 Å². The van der Waals surface area contributed by atoms with E-state index in [-0.39, 0.29) is 16.7 Å². The molecule has 1 heterocycles. The molecule has 192 valence electrons. The van der Waals surface area contributed by atoms with E-state index in [0.717, 1.165) is 32.1 Å². The predicted octanol–water partition coefficient (Wildman–Crippen LogP) is 2.52. The highest BCUT2D eigenvalue weighted by atomic mass is 16.7. The van der Waals surface area contributed by atoms with E-state index in [2.05, 4.69) is 27.4 Å². The highest BCUT2D eigenvalue weighted by Gasteiger charge is 2.58. The molecule has 0 aromatic carbocycles. The molecule has 0 amide bonds. The van der Waals surface area contributed by atoms with Crippen LogP contribution >= 0.6 is 0 Å². The molecule has 3 rings (SSSR count). The van der Waals surface area contributed by atoms with Gasteiger partial charge >= 0.3 is 0 Å². The molecule has 0 unspecified atom stereocenters. The Bertz CT molecular complexity index is 692. The van der Waals surface area contributed by atoms with E-state index >= 15 is 0 Å². The second kappa shape index (κ2) is 9.49. The Labute approximate surface area is 198 Å². The van der Waals surface area contributed by atoms with Crippen LogP contribution in [0.2, 0.25) is 0 Å². The molecular weight excluding hydrogens is 424 g/mol. The summed E-state index contributed by atoms with van der Waals surface area (Å²) in [4.78, 5) is 0. The smallest absolute Gasteiger partial charge is 0.187 e. The third kappa shape index (κ3) is 5.06. The fraction of sp³-hybridized carbons (Fsp3) is 0.923. The lowest BCUT2D eigenvalue weighted by Crippen LogP contribution is -2.60. The van der Waals surface area contributed by atoms with Crippen LogP contribution in [0.5, 0.6) is 0 Å². The van der Waals surface area contributed by atoms with Gasteiger partial charge in [-0.2, -0.15) is 0 Å². The number of rotatable bonds is 7. The summed E-state index contributed by atoms with van der Waals surface area (Å²) in [6.45, 7) is 14.3. The Hall–Kier alpha value is -0.540. The van der Waals surface area contributed by atoms with E-state index in [9.17, 15) is 25.5 Å². The fourth-order valence-electron chi connectivity index (χ4n) is 7.34. The molecule has 3 fully saturated rings. The van der Waals surface area contributed by atoms with Gasteiger partial charge in [-0.15, -0.1) is 6.58 Å². The third-order valence-corrected chi connectivity index (χ3v) is 9.36. The van der Waals surface area contributed by atoms with E-state index < -0.39 is 48.5 Å². The summed E-state index contributed by atoms with van der Waals surface area (Å²) in [5.41, 5.74) is -1.40. The van der Waals surface area contributed by atoms with Crippen LogP contribution in [0.25, 0.3) is 0 Å². The summed E-state index contributed by atoms with van der Waals surface area (Å²) in [7, 11) is 0. The molecule has 0 spiro atoms. The molecular formula is C26H46O7. The van der Waals surface area contributed by atoms with Crippen LogP contribution in [0.3, 0.4) is 0 Å². The zero-order chi connectivity index (χ0) is 24.8. The zero-order valence-corrected chi connectivity index (χ0v) is 21.0. The van der Waals surface area contributed by atoms with Crippen LogP contribution in [0, 0.1) is 22.7 Å². The van der Waals surface area contributed by atoms with Gasteiger partial charge in [-0.1, -0.05) is 33.3 Å². The van der Waals surface area contributed by atoms with Gasteiger partial charge in [0.05, 0.1) is 17.8 Å². The molecule has 1 aliphatic heterocycles. The molecule has 33 heavy (non-hydrogen) atoms. The SMILES string of the molecule is C=C[C@@](C)(CC[C@H]1[C@]2(C)CCCC(C)(C)[C@H]2CC[C@@]1(C)O)O[C@@H]1O[C@H](CO)[C@@H](O)[C@H](O)[C@H]1O. The van der Waals surface area contributed by atoms with E-state index in [0.29, 0.717) is 12.3 Å². The minimum Gasteiger partial charge on any atom is -0.394 e. The molecule has 0 bridgehead atoms. The van der Waals surface area contributed by atoms with Crippen molar-refractivity contribution in [2.75, 3.05) is 6.61 Å². The molecule has 0 radical (unpaired) electrons. The second-order valence-electron chi connectivity index (χ2n) is 12.2. The van der Waals surface area contributed by atoms with Gasteiger partial charge in [0.25, 0.3) is 0 Å². The Morgan fingerprint density at radius 1 is 1.06 bits per heavy atom. The fourth-order valence-corrected chi connectivity index (χ4v) is 7.34. The van der Waals surface area contributed by atoms with Crippen LogP contribution in [-0.4, -0.2) is 74.0 Å². The lowest BCUT2D eigenvalue weighted by atomic mass is 9.45. The molecule has 10 atom stereocenters.